The molecular formula is C21H24N2. The van der Waals surface area contributed by atoms with Crippen LogP contribution in [0.25, 0.3) is 11.3 Å². The van der Waals surface area contributed by atoms with Gasteiger partial charge in [-0.2, -0.15) is 0 Å². The molecule has 0 radical (unpaired) electrons. The van der Waals surface area contributed by atoms with Crippen LogP contribution >= 0.6 is 0 Å². The van der Waals surface area contributed by atoms with Gasteiger partial charge >= 0.3 is 0 Å². The highest BCUT2D eigenvalue weighted by atomic mass is 14.9. The van der Waals surface area contributed by atoms with Gasteiger partial charge in [0.1, 0.15) is 5.82 Å². The Kier molecular flexibility index (Phi) is 5.25. The van der Waals surface area contributed by atoms with E-state index in [4.69, 9.17) is 4.98 Å². The van der Waals surface area contributed by atoms with E-state index < -0.39 is 0 Å². The summed E-state index contributed by atoms with van der Waals surface area (Å²) >= 11 is 0. The van der Waals surface area contributed by atoms with Crippen LogP contribution < -0.4 is 0 Å². The number of hydrogen-bond donors (Lipinski definition) is 1. The highest BCUT2D eigenvalue weighted by molar-refractivity contribution is 5.62. The van der Waals surface area contributed by atoms with Crippen molar-refractivity contribution in [1.29, 1.82) is 0 Å². The maximum absolute atomic E-state index is 4.90. The predicted octanol–water partition coefficient (Wildman–Crippen LogP) is 5.40. The molecule has 0 aliphatic carbocycles. The van der Waals surface area contributed by atoms with Crippen molar-refractivity contribution in [3.8, 4) is 11.3 Å². The number of hydrogen-bond acceptors (Lipinski definition) is 1. The Morgan fingerprint density at radius 2 is 1.57 bits per heavy atom. The van der Waals surface area contributed by atoms with Gasteiger partial charge in [0.25, 0.3) is 0 Å². The Balaban J connectivity index is 1.86. The van der Waals surface area contributed by atoms with E-state index >= 15 is 0 Å². The molecule has 3 aromatic rings. The van der Waals surface area contributed by atoms with Gasteiger partial charge < -0.3 is 4.98 Å². The van der Waals surface area contributed by atoms with E-state index in [-0.39, 0.29) is 0 Å². The molecule has 1 aromatic heterocycles. The maximum Gasteiger partial charge on any atom is 0.111 e. The van der Waals surface area contributed by atoms with Crippen molar-refractivity contribution in [3.63, 3.8) is 0 Å². The molecule has 0 aliphatic heterocycles. The standard InChI is InChI=1S/C21H24N2/c1-2-3-6-15-19-21(18-13-9-5-10-14-18)23-20(22-19)16-17-11-7-4-8-12-17/h4-5,7-14H,2-3,6,15-16H2,1H3,(H,22,23). The average molecular weight is 304 g/mol. The fourth-order valence-electron chi connectivity index (χ4n) is 2.90. The first kappa shape index (κ1) is 15.5. The van der Waals surface area contributed by atoms with Crippen molar-refractivity contribution >= 4 is 0 Å². The second-order valence-electron chi connectivity index (χ2n) is 6.00. The third-order valence-corrected chi connectivity index (χ3v) is 4.12. The van der Waals surface area contributed by atoms with E-state index in [0.29, 0.717) is 0 Å². The molecule has 0 bridgehead atoms. The van der Waals surface area contributed by atoms with Gasteiger partial charge in [-0.1, -0.05) is 80.4 Å². The summed E-state index contributed by atoms with van der Waals surface area (Å²) in [5, 5.41) is 0. The fourth-order valence-corrected chi connectivity index (χ4v) is 2.90. The smallest absolute Gasteiger partial charge is 0.111 e. The molecule has 0 aliphatic rings. The minimum Gasteiger partial charge on any atom is -0.345 e. The van der Waals surface area contributed by atoms with E-state index in [1.54, 1.807) is 0 Å². The summed E-state index contributed by atoms with van der Waals surface area (Å²) in [6.45, 7) is 2.24. The third-order valence-electron chi connectivity index (χ3n) is 4.12. The van der Waals surface area contributed by atoms with Crippen molar-refractivity contribution in [2.24, 2.45) is 0 Å². The van der Waals surface area contributed by atoms with Gasteiger partial charge in [0.2, 0.25) is 0 Å². The van der Waals surface area contributed by atoms with Crippen LogP contribution in [0.2, 0.25) is 0 Å². The van der Waals surface area contributed by atoms with Gasteiger partial charge in [0.05, 0.1) is 5.69 Å². The lowest BCUT2D eigenvalue weighted by molar-refractivity contribution is 0.709. The normalized spacial score (nSPS) is 10.8. The number of benzene rings is 2. The van der Waals surface area contributed by atoms with Gasteiger partial charge in [0, 0.05) is 17.7 Å². The molecule has 118 valence electrons. The summed E-state index contributed by atoms with van der Waals surface area (Å²) in [7, 11) is 0. The van der Waals surface area contributed by atoms with Crippen LogP contribution in [-0.2, 0) is 12.8 Å². The summed E-state index contributed by atoms with van der Waals surface area (Å²) < 4.78 is 0. The second kappa shape index (κ2) is 7.77. The molecule has 0 unspecified atom stereocenters. The first-order chi connectivity index (χ1) is 11.4. The van der Waals surface area contributed by atoms with E-state index in [2.05, 4.69) is 72.6 Å². The topological polar surface area (TPSA) is 28.7 Å². The molecule has 3 rings (SSSR count). The highest BCUT2D eigenvalue weighted by Gasteiger charge is 2.12. The molecule has 0 amide bonds. The lowest BCUT2D eigenvalue weighted by atomic mass is 10.1. The predicted molar refractivity (Wildman–Crippen MR) is 96.5 cm³/mol. The monoisotopic (exact) mass is 304 g/mol. The minimum absolute atomic E-state index is 0.856. The van der Waals surface area contributed by atoms with Crippen LogP contribution in [0.3, 0.4) is 0 Å². The molecule has 0 saturated heterocycles. The number of nitrogens with one attached hydrogen (secondary N) is 1. The van der Waals surface area contributed by atoms with E-state index in [1.165, 1.54) is 36.1 Å². The maximum atomic E-state index is 4.90. The summed E-state index contributed by atoms with van der Waals surface area (Å²) in [5.41, 5.74) is 4.89. The lowest BCUT2D eigenvalue weighted by Crippen LogP contribution is -1.91. The van der Waals surface area contributed by atoms with Crippen molar-refractivity contribution in [1.82, 2.24) is 9.97 Å². The lowest BCUT2D eigenvalue weighted by Gasteiger charge is -2.02. The summed E-state index contributed by atoms with van der Waals surface area (Å²) in [6.07, 6.45) is 5.64. The Morgan fingerprint density at radius 3 is 2.26 bits per heavy atom. The number of unbranched alkanes of at least 4 members (excludes halogenated alkanes) is 2. The van der Waals surface area contributed by atoms with Crippen LogP contribution in [0, 0.1) is 0 Å². The first-order valence-corrected chi connectivity index (χ1v) is 8.54. The number of imidazole rings is 1. The van der Waals surface area contributed by atoms with E-state index in [0.717, 1.165) is 24.4 Å². The molecule has 2 heteroatoms. The van der Waals surface area contributed by atoms with Crippen LogP contribution in [-0.4, -0.2) is 9.97 Å². The molecular weight excluding hydrogens is 280 g/mol. The largest absolute Gasteiger partial charge is 0.345 e. The number of nitrogens with zero attached hydrogens (tertiary/aromatic N) is 1. The molecule has 0 spiro atoms. The molecule has 0 atom stereocenters. The Hall–Kier alpha value is -2.35. The Bertz CT molecular complexity index is 714. The quantitative estimate of drug-likeness (QED) is 0.582. The molecule has 2 nitrogen and oxygen atoms in total. The van der Waals surface area contributed by atoms with Crippen molar-refractivity contribution in [2.45, 2.75) is 39.0 Å². The van der Waals surface area contributed by atoms with Gasteiger partial charge in [-0.15, -0.1) is 0 Å². The highest BCUT2D eigenvalue weighted by Crippen LogP contribution is 2.24. The zero-order valence-corrected chi connectivity index (χ0v) is 13.8. The molecule has 1 heterocycles. The van der Waals surface area contributed by atoms with Crippen LogP contribution in [0.15, 0.2) is 60.7 Å². The molecule has 2 aromatic carbocycles. The van der Waals surface area contributed by atoms with Crippen LogP contribution in [0.5, 0.6) is 0 Å². The molecule has 1 N–H and O–H groups in total. The van der Waals surface area contributed by atoms with Crippen molar-refractivity contribution < 1.29 is 0 Å². The fraction of sp³-hybridized carbons (Fsp3) is 0.286. The van der Waals surface area contributed by atoms with Crippen LogP contribution in [0.4, 0.5) is 0 Å². The van der Waals surface area contributed by atoms with E-state index in [1.807, 2.05) is 0 Å². The number of H-pyrrole nitrogens is 1. The molecule has 23 heavy (non-hydrogen) atoms. The van der Waals surface area contributed by atoms with Crippen LogP contribution in [0.1, 0.15) is 43.3 Å². The number of rotatable bonds is 7. The van der Waals surface area contributed by atoms with E-state index in [9.17, 15) is 0 Å². The third kappa shape index (κ3) is 4.10. The zero-order chi connectivity index (χ0) is 15.9. The van der Waals surface area contributed by atoms with Crippen molar-refractivity contribution in [3.05, 3.63) is 77.7 Å². The SMILES string of the molecule is CCCCCc1[nH]c(Cc2ccccc2)nc1-c1ccccc1. The number of aromatic amines is 1. The minimum atomic E-state index is 0.856. The number of aryl methyl sites for hydroxylation is 1. The van der Waals surface area contributed by atoms with Crippen molar-refractivity contribution in [2.75, 3.05) is 0 Å². The Morgan fingerprint density at radius 1 is 0.870 bits per heavy atom. The zero-order valence-electron chi connectivity index (χ0n) is 13.8. The van der Waals surface area contributed by atoms with Gasteiger partial charge in [-0.25, -0.2) is 4.98 Å². The van der Waals surface area contributed by atoms with Gasteiger partial charge in [-0.3, -0.25) is 0 Å². The summed E-state index contributed by atoms with van der Waals surface area (Å²) in [4.78, 5) is 8.48. The van der Waals surface area contributed by atoms with Gasteiger partial charge in [0.15, 0.2) is 0 Å². The average Bonchev–Trinajstić information content (AvgIpc) is 2.99. The number of aromatic nitrogens is 2. The van der Waals surface area contributed by atoms with Gasteiger partial charge in [-0.05, 0) is 18.4 Å². The first-order valence-electron chi connectivity index (χ1n) is 8.54. The second-order valence-corrected chi connectivity index (χ2v) is 6.00. The Labute approximate surface area is 138 Å². The summed E-state index contributed by atoms with van der Waals surface area (Å²) in [5.74, 6) is 1.06. The molecule has 0 fully saturated rings. The molecule has 0 saturated carbocycles. The summed E-state index contributed by atoms with van der Waals surface area (Å²) in [6, 6.07) is 21.0.